The zero-order chi connectivity index (χ0) is 22.6. The molecule has 0 aliphatic heterocycles. The van der Waals surface area contributed by atoms with E-state index in [-0.39, 0.29) is 0 Å². The quantitative estimate of drug-likeness (QED) is 0.139. The Morgan fingerprint density at radius 2 is 1.06 bits per heavy atom. The van der Waals surface area contributed by atoms with Crippen molar-refractivity contribution in [3.05, 3.63) is 18.2 Å². The van der Waals surface area contributed by atoms with E-state index in [2.05, 4.69) is 49.6 Å². The van der Waals surface area contributed by atoms with Crippen LogP contribution in [0.25, 0.3) is 0 Å². The summed E-state index contributed by atoms with van der Waals surface area (Å²) in [4.78, 5) is 3.64. The molecule has 2 heteroatoms. The molecule has 2 nitrogen and oxygen atoms in total. The SMILES string of the molecule is CCCCCCCCCCCC(CCCCCCCCCC)c1[nH]cc[n+]1C(C)CC. The van der Waals surface area contributed by atoms with E-state index in [0.29, 0.717) is 12.0 Å². The predicted molar refractivity (Wildman–Crippen MR) is 138 cm³/mol. The summed E-state index contributed by atoms with van der Waals surface area (Å²) in [6.45, 7) is 9.28. The molecule has 0 saturated carbocycles. The maximum atomic E-state index is 3.64. The Morgan fingerprint density at radius 1 is 0.645 bits per heavy atom. The van der Waals surface area contributed by atoms with Crippen LogP contribution >= 0.6 is 0 Å². The van der Waals surface area contributed by atoms with Gasteiger partial charge in [-0.25, -0.2) is 9.55 Å². The van der Waals surface area contributed by atoms with Crippen LogP contribution in [-0.4, -0.2) is 4.98 Å². The van der Waals surface area contributed by atoms with E-state index in [1.165, 1.54) is 134 Å². The minimum absolute atomic E-state index is 0.602. The second kappa shape index (κ2) is 19.9. The van der Waals surface area contributed by atoms with Gasteiger partial charge < -0.3 is 0 Å². The molecule has 0 fully saturated rings. The lowest BCUT2D eigenvalue weighted by Crippen LogP contribution is -2.40. The summed E-state index contributed by atoms with van der Waals surface area (Å²) in [5.74, 6) is 2.21. The molecule has 1 rings (SSSR count). The topological polar surface area (TPSA) is 19.7 Å². The van der Waals surface area contributed by atoms with E-state index in [9.17, 15) is 0 Å². The molecule has 0 aliphatic rings. The van der Waals surface area contributed by atoms with Gasteiger partial charge in [0, 0.05) is 0 Å². The number of nitrogens with one attached hydrogen (secondary N) is 1. The first-order valence-electron chi connectivity index (χ1n) is 14.3. The van der Waals surface area contributed by atoms with Gasteiger partial charge >= 0.3 is 0 Å². The van der Waals surface area contributed by atoms with Gasteiger partial charge in [0.15, 0.2) is 0 Å². The fourth-order valence-corrected chi connectivity index (χ4v) is 4.91. The van der Waals surface area contributed by atoms with E-state index in [1.807, 2.05) is 0 Å². The number of hydrogen-bond acceptors (Lipinski definition) is 0. The third-order valence-electron chi connectivity index (χ3n) is 7.26. The van der Waals surface area contributed by atoms with Gasteiger partial charge in [-0.05, 0) is 26.2 Å². The van der Waals surface area contributed by atoms with Crippen LogP contribution < -0.4 is 4.57 Å². The van der Waals surface area contributed by atoms with Crippen LogP contribution in [0.2, 0.25) is 0 Å². The van der Waals surface area contributed by atoms with Crippen molar-refractivity contribution in [1.82, 2.24) is 4.98 Å². The highest BCUT2D eigenvalue weighted by Gasteiger charge is 2.24. The third kappa shape index (κ3) is 13.4. The molecule has 0 aliphatic carbocycles. The van der Waals surface area contributed by atoms with Gasteiger partial charge in [-0.15, -0.1) is 0 Å². The normalized spacial score (nSPS) is 13.5. The van der Waals surface area contributed by atoms with Crippen LogP contribution in [0, 0.1) is 0 Å². The Labute approximate surface area is 196 Å². The Bertz CT molecular complexity index is 493. The fourth-order valence-electron chi connectivity index (χ4n) is 4.91. The van der Waals surface area contributed by atoms with Crippen LogP contribution in [0.4, 0.5) is 0 Å². The lowest BCUT2D eigenvalue weighted by Gasteiger charge is -2.16. The Morgan fingerprint density at radius 3 is 1.48 bits per heavy atom. The third-order valence-corrected chi connectivity index (χ3v) is 7.26. The number of aromatic nitrogens is 2. The molecule has 0 aromatic carbocycles. The van der Waals surface area contributed by atoms with Crippen LogP contribution in [0.15, 0.2) is 12.4 Å². The number of hydrogen-bond donors (Lipinski definition) is 1. The van der Waals surface area contributed by atoms with Gasteiger partial charge in [0.25, 0.3) is 5.82 Å². The molecule has 0 amide bonds. The number of nitrogens with zero attached hydrogens (tertiary/aromatic N) is 1. The summed E-state index contributed by atoms with van der Waals surface area (Å²) in [6.07, 6.45) is 32.6. The lowest BCUT2D eigenvalue weighted by atomic mass is 9.93. The highest BCUT2D eigenvalue weighted by Crippen LogP contribution is 2.27. The van der Waals surface area contributed by atoms with Crippen LogP contribution in [0.1, 0.15) is 174 Å². The molecule has 0 radical (unpaired) electrons. The molecule has 2 atom stereocenters. The van der Waals surface area contributed by atoms with E-state index in [0.717, 1.165) is 0 Å². The first-order chi connectivity index (χ1) is 15.2. The summed E-state index contributed by atoms with van der Waals surface area (Å²) in [5.41, 5.74) is 0. The molecule has 182 valence electrons. The lowest BCUT2D eigenvalue weighted by molar-refractivity contribution is -0.726. The van der Waals surface area contributed by atoms with Gasteiger partial charge in [-0.1, -0.05) is 130 Å². The van der Waals surface area contributed by atoms with Gasteiger partial charge in [0.2, 0.25) is 0 Å². The summed E-state index contributed by atoms with van der Waals surface area (Å²) in [6, 6.07) is 0.602. The first kappa shape index (κ1) is 28.2. The summed E-state index contributed by atoms with van der Waals surface area (Å²) >= 11 is 0. The van der Waals surface area contributed by atoms with Crippen molar-refractivity contribution < 1.29 is 4.57 Å². The molecule has 31 heavy (non-hydrogen) atoms. The molecular formula is C29H57N2+. The average Bonchev–Trinajstić information content (AvgIpc) is 3.27. The number of H-pyrrole nitrogens is 1. The molecule has 2 unspecified atom stereocenters. The minimum Gasteiger partial charge on any atom is -0.247 e. The molecule has 1 N–H and O–H groups in total. The summed E-state index contributed by atoms with van der Waals surface area (Å²) in [7, 11) is 0. The molecule has 1 aromatic heterocycles. The van der Waals surface area contributed by atoms with E-state index >= 15 is 0 Å². The monoisotopic (exact) mass is 433 g/mol. The number of imidazole rings is 1. The van der Waals surface area contributed by atoms with Gasteiger partial charge in [-0.2, -0.15) is 0 Å². The first-order valence-corrected chi connectivity index (χ1v) is 14.3. The number of unbranched alkanes of at least 4 members (excludes halogenated alkanes) is 15. The number of aromatic amines is 1. The van der Waals surface area contributed by atoms with E-state index in [1.54, 1.807) is 0 Å². The van der Waals surface area contributed by atoms with Crippen LogP contribution in [0.5, 0.6) is 0 Å². The van der Waals surface area contributed by atoms with Crippen molar-refractivity contribution >= 4 is 0 Å². The van der Waals surface area contributed by atoms with Crippen molar-refractivity contribution in [1.29, 1.82) is 0 Å². The van der Waals surface area contributed by atoms with Gasteiger partial charge in [0.05, 0.1) is 12.0 Å². The van der Waals surface area contributed by atoms with Gasteiger partial charge in [0.1, 0.15) is 12.4 Å². The standard InChI is InChI=1S/C29H56N2/c1-5-8-10-12-14-16-18-20-22-24-28(23-21-19-17-15-13-11-9-6-2)29-30-25-26-31(29)27(4)7-3/h25-28H,5-24H2,1-4H3/p+1. The summed E-state index contributed by atoms with van der Waals surface area (Å²) in [5, 5.41) is 0. The van der Waals surface area contributed by atoms with Crippen molar-refractivity contribution in [3.63, 3.8) is 0 Å². The number of rotatable bonds is 22. The van der Waals surface area contributed by atoms with E-state index < -0.39 is 0 Å². The molecule has 0 bridgehead atoms. The van der Waals surface area contributed by atoms with Crippen LogP contribution in [-0.2, 0) is 0 Å². The molecular weight excluding hydrogens is 376 g/mol. The minimum atomic E-state index is 0.602. The molecule has 0 saturated heterocycles. The predicted octanol–water partition coefficient (Wildman–Crippen LogP) is 9.81. The second-order valence-electron chi connectivity index (χ2n) is 10.1. The molecule has 1 aromatic rings. The Balaban J connectivity index is 2.37. The van der Waals surface area contributed by atoms with Gasteiger partial charge in [-0.3, -0.25) is 0 Å². The Kier molecular flexibility index (Phi) is 18.1. The molecule has 0 spiro atoms. The zero-order valence-corrected chi connectivity index (χ0v) is 21.9. The smallest absolute Gasteiger partial charge is 0.247 e. The zero-order valence-electron chi connectivity index (χ0n) is 21.9. The average molecular weight is 434 g/mol. The largest absolute Gasteiger partial charge is 0.257 e. The highest BCUT2D eigenvalue weighted by atomic mass is 15.1. The van der Waals surface area contributed by atoms with E-state index in [4.69, 9.17) is 0 Å². The maximum Gasteiger partial charge on any atom is 0.257 e. The van der Waals surface area contributed by atoms with Crippen molar-refractivity contribution in [2.75, 3.05) is 0 Å². The van der Waals surface area contributed by atoms with Crippen LogP contribution in [0.3, 0.4) is 0 Å². The van der Waals surface area contributed by atoms with Crippen molar-refractivity contribution in [2.24, 2.45) is 0 Å². The Hall–Kier alpha value is -0.790. The van der Waals surface area contributed by atoms with Crippen molar-refractivity contribution in [3.8, 4) is 0 Å². The maximum absolute atomic E-state index is 3.64. The fraction of sp³-hybridized carbons (Fsp3) is 0.897. The second-order valence-corrected chi connectivity index (χ2v) is 10.1. The summed E-state index contributed by atoms with van der Waals surface area (Å²) < 4.78 is 2.53. The highest BCUT2D eigenvalue weighted by molar-refractivity contribution is 4.90. The molecule has 1 heterocycles. The van der Waals surface area contributed by atoms with Crippen molar-refractivity contribution in [2.45, 2.75) is 168 Å².